The molecule has 2 heterocycles. The molecule has 0 aromatic heterocycles. The van der Waals surface area contributed by atoms with Crippen molar-refractivity contribution in [2.45, 2.75) is 80.7 Å². The number of hydrogen-bond donors (Lipinski definition) is 8. The highest BCUT2D eigenvalue weighted by atomic mass is 32.1. The van der Waals surface area contributed by atoms with Crippen molar-refractivity contribution in [3.63, 3.8) is 0 Å². The molecular formula is C17H32O11S. The Balaban J connectivity index is 1.98. The first-order valence-electron chi connectivity index (χ1n) is 9.66. The van der Waals surface area contributed by atoms with E-state index in [1.54, 1.807) is 0 Å². The van der Waals surface area contributed by atoms with Gasteiger partial charge >= 0.3 is 0 Å². The summed E-state index contributed by atoms with van der Waals surface area (Å²) in [7, 11) is 0. The lowest BCUT2D eigenvalue weighted by molar-refractivity contribution is -0.359. The number of thiol groups is 1. The molecule has 172 valence electrons. The second-order valence-corrected chi connectivity index (χ2v) is 7.61. The quantitative estimate of drug-likeness (QED) is 0.125. The molecule has 0 aromatic rings. The first-order chi connectivity index (χ1) is 13.8. The maximum absolute atomic E-state index is 10.5. The lowest BCUT2D eigenvalue weighted by atomic mass is 9.97. The molecule has 2 aliphatic heterocycles. The number of unbranched alkanes of at least 4 members (excludes halogenated alkanes) is 2. The Labute approximate surface area is 174 Å². The Bertz CT molecular complexity index is 469. The van der Waals surface area contributed by atoms with E-state index in [0.717, 1.165) is 18.6 Å². The second-order valence-electron chi connectivity index (χ2n) is 7.16. The van der Waals surface area contributed by atoms with Gasteiger partial charge in [-0.1, -0.05) is 6.42 Å². The molecule has 0 radical (unpaired) electrons. The van der Waals surface area contributed by atoms with E-state index >= 15 is 0 Å². The van der Waals surface area contributed by atoms with Crippen LogP contribution in [0.4, 0.5) is 0 Å². The molecule has 0 unspecified atom stereocenters. The largest absolute Gasteiger partial charge is 0.394 e. The molecule has 0 aliphatic carbocycles. The summed E-state index contributed by atoms with van der Waals surface area (Å²) in [5.74, 6) is 0.755. The monoisotopic (exact) mass is 444 g/mol. The Morgan fingerprint density at radius 3 is 1.93 bits per heavy atom. The van der Waals surface area contributed by atoms with Gasteiger partial charge in [0.2, 0.25) is 0 Å². The van der Waals surface area contributed by atoms with E-state index in [1.165, 1.54) is 0 Å². The number of aliphatic hydroxyl groups is 7. The van der Waals surface area contributed by atoms with Crippen molar-refractivity contribution in [1.29, 1.82) is 0 Å². The molecule has 0 spiro atoms. The van der Waals surface area contributed by atoms with Crippen LogP contribution in [-0.2, 0) is 18.9 Å². The van der Waals surface area contributed by atoms with Crippen molar-refractivity contribution in [3.8, 4) is 0 Å². The van der Waals surface area contributed by atoms with Crippen LogP contribution in [0.25, 0.3) is 0 Å². The topological polar surface area (TPSA) is 179 Å². The van der Waals surface area contributed by atoms with Crippen molar-refractivity contribution < 1.29 is 54.7 Å². The van der Waals surface area contributed by atoms with Crippen molar-refractivity contribution in [2.24, 2.45) is 0 Å². The SMILES string of the molecule is OC[C@@H]1O[C@@H](O[C@H]2[C@H](O)[C@@H](O)[C@H](OCCCCCS)O[C@H]2CO)[C@H](O)[C@H](O)[C@H]1O. The summed E-state index contributed by atoms with van der Waals surface area (Å²) in [6.07, 6.45) is -11.9. The van der Waals surface area contributed by atoms with E-state index in [2.05, 4.69) is 12.6 Å². The van der Waals surface area contributed by atoms with E-state index in [-0.39, 0.29) is 6.61 Å². The zero-order valence-electron chi connectivity index (χ0n) is 15.9. The van der Waals surface area contributed by atoms with Crippen LogP contribution in [0.15, 0.2) is 0 Å². The van der Waals surface area contributed by atoms with Crippen LogP contribution in [0.5, 0.6) is 0 Å². The average molecular weight is 444 g/mol. The molecule has 0 amide bonds. The van der Waals surface area contributed by atoms with E-state index in [9.17, 15) is 35.7 Å². The van der Waals surface area contributed by atoms with Gasteiger partial charge in [-0.3, -0.25) is 0 Å². The van der Waals surface area contributed by atoms with Gasteiger partial charge in [-0.15, -0.1) is 0 Å². The third-order valence-corrected chi connectivity index (χ3v) is 5.36. The van der Waals surface area contributed by atoms with Gasteiger partial charge in [0, 0.05) is 6.61 Å². The van der Waals surface area contributed by atoms with Crippen LogP contribution in [-0.4, -0.2) is 123 Å². The third kappa shape index (κ3) is 6.21. The van der Waals surface area contributed by atoms with Crippen LogP contribution in [0.1, 0.15) is 19.3 Å². The first-order valence-corrected chi connectivity index (χ1v) is 10.3. The average Bonchev–Trinajstić information content (AvgIpc) is 2.72. The van der Waals surface area contributed by atoms with Crippen molar-refractivity contribution in [2.75, 3.05) is 25.6 Å². The Morgan fingerprint density at radius 2 is 1.31 bits per heavy atom. The standard InChI is InChI=1S/C17H32O11S/c18-6-8-10(20)11(21)13(23)17(26-8)28-15-9(7-19)27-16(14(24)12(15)22)25-4-2-1-3-5-29/h8-24,29H,1-7H2/t8-,9-,10-,11+,12+,13+,14+,15+,16+,17-/m0/s1. The van der Waals surface area contributed by atoms with Crippen molar-refractivity contribution in [3.05, 3.63) is 0 Å². The van der Waals surface area contributed by atoms with Crippen LogP contribution in [0, 0.1) is 0 Å². The van der Waals surface area contributed by atoms with E-state index in [1.807, 2.05) is 0 Å². The van der Waals surface area contributed by atoms with Gasteiger partial charge < -0.3 is 54.7 Å². The van der Waals surface area contributed by atoms with Gasteiger partial charge in [-0.2, -0.15) is 12.6 Å². The molecule has 11 nitrogen and oxygen atoms in total. The summed E-state index contributed by atoms with van der Waals surface area (Å²) in [4.78, 5) is 0. The van der Waals surface area contributed by atoms with Crippen molar-refractivity contribution in [1.82, 2.24) is 0 Å². The van der Waals surface area contributed by atoms with Gasteiger partial charge in [0.25, 0.3) is 0 Å². The molecule has 0 bridgehead atoms. The highest BCUT2D eigenvalue weighted by Crippen LogP contribution is 2.29. The summed E-state index contributed by atoms with van der Waals surface area (Å²) in [6.45, 7) is -0.965. The second kappa shape index (κ2) is 12.1. The van der Waals surface area contributed by atoms with Crippen LogP contribution >= 0.6 is 12.6 Å². The molecule has 2 aliphatic rings. The van der Waals surface area contributed by atoms with Crippen LogP contribution in [0.3, 0.4) is 0 Å². The van der Waals surface area contributed by atoms with E-state index < -0.39 is 74.6 Å². The van der Waals surface area contributed by atoms with E-state index in [0.29, 0.717) is 6.42 Å². The fraction of sp³-hybridized carbons (Fsp3) is 1.00. The molecule has 2 rings (SSSR count). The maximum Gasteiger partial charge on any atom is 0.187 e. The number of aliphatic hydroxyl groups excluding tert-OH is 7. The molecular weight excluding hydrogens is 412 g/mol. The zero-order chi connectivity index (χ0) is 21.6. The smallest absolute Gasteiger partial charge is 0.187 e. The van der Waals surface area contributed by atoms with Gasteiger partial charge in [0.05, 0.1) is 13.2 Å². The molecule has 2 saturated heterocycles. The lowest BCUT2D eigenvalue weighted by Gasteiger charge is -2.45. The van der Waals surface area contributed by atoms with Gasteiger partial charge in [0.1, 0.15) is 48.8 Å². The Morgan fingerprint density at radius 1 is 0.690 bits per heavy atom. The molecule has 10 atom stereocenters. The van der Waals surface area contributed by atoms with Gasteiger partial charge in [-0.05, 0) is 18.6 Å². The number of hydrogen-bond acceptors (Lipinski definition) is 12. The Kier molecular flexibility index (Phi) is 10.5. The van der Waals surface area contributed by atoms with E-state index in [4.69, 9.17) is 18.9 Å². The minimum Gasteiger partial charge on any atom is -0.394 e. The summed E-state index contributed by atoms with van der Waals surface area (Å²) in [5.41, 5.74) is 0. The fourth-order valence-corrected chi connectivity index (χ4v) is 3.51. The molecule has 0 aromatic carbocycles. The number of ether oxygens (including phenoxy) is 4. The van der Waals surface area contributed by atoms with Crippen molar-refractivity contribution >= 4 is 12.6 Å². The third-order valence-electron chi connectivity index (χ3n) is 5.04. The summed E-state index contributed by atoms with van der Waals surface area (Å²) < 4.78 is 21.7. The fourth-order valence-electron chi connectivity index (χ4n) is 3.28. The predicted molar refractivity (Wildman–Crippen MR) is 100 cm³/mol. The highest BCUT2D eigenvalue weighted by molar-refractivity contribution is 7.80. The summed E-state index contributed by atoms with van der Waals surface area (Å²) in [5, 5.41) is 69.4. The summed E-state index contributed by atoms with van der Waals surface area (Å²) >= 11 is 4.12. The number of rotatable bonds is 10. The first kappa shape index (κ1) is 25.2. The zero-order valence-corrected chi connectivity index (χ0v) is 16.8. The molecule has 7 N–H and O–H groups in total. The molecule has 12 heteroatoms. The van der Waals surface area contributed by atoms with Crippen LogP contribution < -0.4 is 0 Å². The maximum atomic E-state index is 10.5. The molecule has 29 heavy (non-hydrogen) atoms. The van der Waals surface area contributed by atoms with Crippen LogP contribution in [0.2, 0.25) is 0 Å². The molecule has 2 fully saturated rings. The minimum absolute atomic E-state index is 0.276. The normalized spacial score (nSPS) is 43.4. The molecule has 0 saturated carbocycles. The predicted octanol–water partition coefficient (Wildman–Crippen LogP) is -3.27. The highest BCUT2D eigenvalue weighted by Gasteiger charge is 2.50. The lowest BCUT2D eigenvalue weighted by Crippen LogP contribution is -2.64. The van der Waals surface area contributed by atoms with Gasteiger partial charge in [-0.25, -0.2) is 0 Å². The van der Waals surface area contributed by atoms with Gasteiger partial charge in [0.15, 0.2) is 12.6 Å². The minimum atomic E-state index is -1.70. The summed E-state index contributed by atoms with van der Waals surface area (Å²) in [6, 6.07) is 0. The Hall–Kier alpha value is -0.0900.